The summed E-state index contributed by atoms with van der Waals surface area (Å²) in [5.74, 6) is -1.95. The second-order valence-electron chi connectivity index (χ2n) is 9.65. The lowest BCUT2D eigenvalue weighted by Crippen LogP contribution is -2.59. The Bertz CT molecular complexity index is 1430. The monoisotopic (exact) mass is 598 g/mol. The number of thiazole rings is 1. The van der Waals surface area contributed by atoms with Crippen molar-refractivity contribution >= 4 is 41.0 Å². The fourth-order valence-electron chi connectivity index (χ4n) is 4.80. The van der Waals surface area contributed by atoms with E-state index in [2.05, 4.69) is 11.1 Å². The van der Waals surface area contributed by atoms with Crippen LogP contribution in [0.25, 0.3) is 5.76 Å². The third kappa shape index (κ3) is 7.51. The molecule has 0 amide bonds. The van der Waals surface area contributed by atoms with Gasteiger partial charge in [-0.05, 0) is 23.3 Å². The lowest BCUT2D eigenvalue weighted by molar-refractivity contribution is -0.254. The van der Waals surface area contributed by atoms with Crippen molar-refractivity contribution in [2.24, 2.45) is 0 Å². The van der Waals surface area contributed by atoms with Crippen LogP contribution in [-0.2, 0) is 54.0 Å². The third-order valence-corrected chi connectivity index (χ3v) is 7.42. The molecule has 1 aromatic heterocycles. The van der Waals surface area contributed by atoms with E-state index in [-0.39, 0.29) is 6.61 Å². The molecule has 13 heteroatoms. The zero-order valence-electron chi connectivity index (χ0n) is 23.5. The highest BCUT2D eigenvalue weighted by atomic mass is 32.1. The molecule has 1 aromatic carbocycles. The molecular formula is C29H30N2O10S. The summed E-state index contributed by atoms with van der Waals surface area (Å²) >= 11 is 1.45. The molecule has 5 atom stereocenters. The number of carbonyl (C=O) groups is 4. The molecule has 1 saturated heterocycles. The first kappa shape index (κ1) is 30.7. The smallest absolute Gasteiger partial charge is 0.303 e. The summed E-state index contributed by atoms with van der Waals surface area (Å²) in [6.07, 6.45) is -1.06. The SMILES string of the molecule is CC(=O)OC[C@H]1O[C@@H](c2ccc(C#N)c(Cc3ncc(C4=CCCO4)s3)c2)[C@H](OC(C)=O)[C@@H](OC(C)=O)[C@@H]1OC(C)=O. The fraction of sp³-hybridized carbons (Fsp3) is 0.448. The summed E-state index contributed by atoms with van der Waals surface area (Å²) in [7, 11) is 0. The van der Waals surface area contributed by atoms with E-state index < -0.39 is 54.4 Å². The van der Waals surface area contributed by atoms with E-state index in [0.29, 0.717) is 29.7 Å². The maximum absolute atomic E-state index is 12.2. The molecule has 42 heavy (non-hydrogen) atoms. The molecule has 0 saturated carbocycles. The molecule has 2 aliphatic rings. The van der Waals surface area contributed by atoms with E-state index in [0.717, 1.165) is 35.9 Å². The molecule has 1 fully saturated rings. The van der Waals surface area contributed by atoms with Crippen LogP contribution >= 0.6 is 11.3 Å². The first-order chi connectivity index (χ1) is 20.0. The Balaban J connectivity index is 1.73. The summed E-state index contributed by atoms with van der Waals surface area (Å²) in [5.41, 5.74) is 1.52. The molecular weight excluding hydrogens is 568 g/mol. The largest absolute Gasteiger partial charge is 0.492 e. The highest BCUT2D eigenvalue weighted by Gasteiger charge is 2.52. The number of ether oxygens (including phenoxy) is 6. The fourth-order valence-corrected chi connectivity index (χ4v) is 5.74. The summed E-state index contributed by atoms with van der Waals surface area (Å²) in [6.45, 7) is 5.00. The van der Waals surface area contributed by atoms with E-state index in [1.165, 1.54) is 25.2 Å². The average Bonchev–Trinajstić information content (AvgIpc) is 3.61. The summed E-state index contributed by atoms with van der Waals surface area (Å²) < 4.78 is 33.6. The molecule has 2 aromatic rings. The zero-order valence-corrected chi connectivity index (χ0v) is 24.3. The van der Waals surface area contributed by atoms with Gasteiger partial charge in [0.25, 0.3) is 0 Å². The van der Waals surface area contributed by atoms with Crippen LogP contribution in [0.4, 0.5) is 0 Å². The molecule has 0 bridgehead atoms. The maximum Gasteiger partial charge on any atom is 0.303 e. The van der Waals surface area contributed by atoms with Gasteiger partial charge in [-0.3, -0.25) is 19.2 Å². The molecule has 0 aliphatic carbocycles. The standard InChI is InChI=1S/C29H30N2O10S/c1-15(32)37-14-23-27(38-16(2)33)29(40-18(4)35)28(39-17(3)34)26(41-23)19-7-8-20(12-30)21(10-19)11-25-31-13-24(42-25)22-6-5-9-36-22/h6-8,10,13,23,26-29H,5,9,11,14H2,1-4H3/t23-,26+,27-,28+,29+/m1/s1. The summed E-state index contributed by atoms with van der Waals surface area (Å²) in [4.78, 5) is 53.4. The lowest BCUT2D eigenvalue weighted by Gasteiger charge is -2.44. The molecule has 222 valence electrons. The second-order valence-corrected chi connectivity index (χ2v) is 10.8. The van der Waals surface area contributed by atoms with Gasteiger partial charge in [-0.1, -0.05) is 12.1 Å². The third-order valence-electron chi connectivity index (χ3n) is 6.41. The van der Waals surface area contributed by atoms with E-state index in [1.54, 1.807) is 24.4 Å². The normalized spacial score (nSPS) is 23.1. The highest BCUT2D eigenvalue weighted by molar-refractivity contribution is 7.12. The number of aromatic nitrogens is 1. The quantitative estimate of drug-likeness (QED) is 0.307. The van der Waals surface area contributed by atoms with Crippen LogP contribution < -0.4 is 0 Å². The van der Waals surface area contributed by atoms with Crippen molar-refractivity contribution in [3.8, 4) is 6.07 Å². The summed E-state index contributed by atoms with van der Waals surface area (Å²) in [5, 5.41) is 10.6. The number of hydrogen-bond acceptors (Lipinski definition) is 13. The Hall–Kier alpha value is -4.28. The van der Waals surface area contributed by atoms with Gasteiger partial charge in [-0.15, -0.1) is 11.3 Å². The molecule has 3 heterocycles. The van der Waals surface area contributed by atoms with Gasteiger partial charge >= 0.3 is 23.9 Å². The van der Waals surface area contributed by atoms with Gasteiger partial charge in [0.1, 0.15) is 24.6 Å². The molecule has 12 nitrogen and oxygen atoms in total. The van der Waals surface area contributed by atoms with Gasteiger partial charge in [-0.2, -0.15) is 5.26 Å². The van der Waals surface area contributed by atoms with E-state index >= 15 is 0 Å². The molecule has 0 unspecified atom stereocenters. The van der Waals surface area contributed by atoms with Crippen molar-refractivity contribution in [2.75, 3.05) is 13.2 Å². The van der Waals surface area contributed by atoms with E-state index in [1.807, 2.05) is 6.08 Å². The Morgan fingerprint density at radius 2 is 1.69 bits per heavy atom. The highest BCUT2D eigenvalue weighted by Crippen LogP contribution is 2.39. The maximum atomic E-state index is 12.2. The second kappa shape index (κ2) is 13.6. The Kier molecular flexibility index (Phi) is 9.92. The zero-order chi connectivity index (χ0) is 30.4. The minimum atomic E-state index is -1.30. The lowest BCUT2D eigenvalue weighted by atomic mass is 9.89. The Labute approximate surface area is 246 Å². The number of hydrogen-bond donors (Lipinski definition) is 0. The topological polar surface area (TPSA) is 160 Å². The van der Waals surface area contributed by atoms with Crippen molar-refractivity contribution in [2.45, 2.75) is 71.1 Å². The van der Waals surface area contributed by atoms with Gasteiger partial charge in [0.15, 0.2) is 18.3 Å². The van der Waals surface area contributed by atoms with Crippen molar-refractivity contribution < 1.29 is 47.6 Å². The minimum absolute atomic E-state index is 0.319. The van der Waals surface area contributed by atoms with Crippen LogP contribution in [0, 0.1) is 11.3 Å². The minimum Gasteiger partial charge on any atom is -0.492 e. The van der Waals surface area contributed by atoms with Crippen LogP contribution in [0.1, 0.15) is 66.8 Å². The van der Waals surface area contributed by atoms with Gasteiger partial charge in [0, 0.05) is 46.7 Å². The van der Waals surface area contributed by atoms with E-state index in [4.69, 9.17) is 28.4 Å². The first-order valence-electron chi connectivity index (χ1n) is 13.2. The molecule has 2 aliphatic heterocycles. The van der Waals surface area contributed by atoms with Gasteiger partial charge in [0.2, 0.25) is 0 Å². The predicted octanol–water partition coefficient (Wildman–Crippen LogP) is 3.16. The summed E-state index contributed by atoms with van der Waals surface area (Å²) in [6, 6.07) is 7.15. The van der Waals surface area contributed by atoms with Crippen LogP contribution in [-0.4, -0.2) is 66.5 Å². The number of rotatable bonds is 9. The van der Waals surface area contributed by atoms with Crippen molar-refractivity contribution in [1.82, 2.24) is 4.98 Å². The number of carbonyl (C=O) groups excluding carboxylic acids is 4. The van der Waals surface area contributed by atoms with Crippen molar-refractivity contribution in [3.05, 3.63) is 57.0 Å². The Morgan fingerprint density at radius 3 is 2.31 bits per heavy atom. The number of esters is 4. The van der Waals surface area contributed by atoms with Crippen molar-refractivity contribution in [3.63, 3.8) is 0 Å². The van der Waals surface area contributed by atoms with Gasteiger partial charge < -0.3 is 28.4 Å². The van der Waals surface area contributed by atoms with Crippen LogP contribution in [0.3, 0.4) is 0 Å². The number of nitriles is 1. The number of nitrogens with zero attached hydrogens (tertiary/aromatic N) is 2. The van der Waals surface area contributed by atoms with Gasteiger partial charge in [-0.25, -0.2) is 4.98 Å². The van der Waals surface area contributed by atoms with Crippen LogP contribution in [0.15, 0.2) is 30.5 Å². The molecule has 0 N–H and O–H groups in total. The van der Waals surface area contributed by atoms with Crippen LogP contribution in [0.5, 0.6) is 0 Å². The number of benzene rings is 1. The molecule has 0 spiro atoms. The van der Waals surface area contributed by atoms with Gasteiger partial charge in [0.05, 0.1) is 28.1 Å². The van der Waals surface area contributed by atoms with Crippen LogP contribution in [0.2, 0.25) is 0 Å². The van der Waals surface area contributed by atoms with Crippen molar-refractivity contribution in [1.29, 1.82) is 5.26 Å². The average molecular weight is 599 g/mol. The van der Waals surface area contributed by atoms with E-state index in [9.17, 15) is 24.4 Å². The first-order valence-corrected chi connectivity index (χ1v) is 14.0. The Morgan fingerprint density at radius 1 is 1.00 bits per heavy atom. The molecule has 0 radical (unpaired) electrons. The predicted molar refractivity (Wildman–Crippen MR) is 146 cm³/mol. The molecule has 4 rings (SSSR count).